The van der Waals surface area contributed by atoms with Gasteiger partial charge in [-0.15, -0.1) is 0 Å². The van der Waals surface area contributed by atoms with Crippen LogP contribution in [-0.4, -0.2) is 49.0 Å². The summed E-state index contributed by atoms with van der Waals surface area (Å²) in [6.07, 6.45) is 0. The van der Waals surface area contributed by atoms with Gasteiger partial charge in [0.2, 0.25) is 0 Å². The van der Waals surface area contributed by atoms with Gasteiger partial charge in [0.05, 0.1) is 12.6 Å². The Morgan fingerprint density at radius 2 is 2.10 bits per heavy atom. The SMILES string of the molecule is COC(=O)c1c2ccc(N3CCNCC3)cc2nn1C. The molecule has 0 radical (unpaired) electrons. The lowest BCUT2D eigenvalue weighted by Crippen LogP contribution is -2.43. The molecule has 1 saturated heterocycles. The number of nitrogens with zero attached hydrogens (tertiary/aromatic N) is 3. The van der Waals surface area contributed by atoms with Crippen molar-refractivity contribution < 1.29 is 9.53 Å². The maximum atomic E-state index is 11.8. The summed E-state index contributed by atoms with van der Waals surface area (Å²) in [5, 5.41) is 8.58. The molecule has 2 heterocycles. The summed E-state index contributed by atoms with van der Waals surface area (Å²) < 4.78 is 6.39. The number of ether oxygens (including phenoxy) is 1. The Bertz CT molecular complexity index is 644. The molecule has 1 fully saturated rings. The van der Waals surface area contributed by atoms with Crippen molar-refractivity contribution in [3.63, 3.8) is 0 Å². The maximum absolute atomic E-state index is 11.8. The molecule has 106 valence electrons. The highest BCUT2D eigenvalue weighted by atomic mass is 16.5. The Balaban J connectivity index is 2.02. The van der Waals surface area contributed by atoms with Crippen LogP contribution in [0.25, 0.3) is 10.9 Å². The number of hydrogen-bond acceptors (Lipinski definition) is 5. The topological polar surface area (TPSA) is 59.4 Å². The Kier molecular flexibility index (Phi) is 3.31. The molecular weight excluding hydrogens is 256 g/mol. The summed E-state index contributed by atoms with van der Waals surface area (Å²) in [5.74, 6) is -0.357. The standard InChI is InChI=1S/C14H18N4O2/c1-17-13(14(19)20-2)11-4-3-10(9-12(11)16-17)18-7-5-15-6-8-18/h3-4,9,15H,5-8H2,1-2H3. The summed E-state index contributed by atoms with van der Waals surface area (Å²) >= 11 is 0. The number of fused-ring (bicyclic) bond motifs is 1. The van der Waals surface area contributed by atoms with Crippen LogP contribution in [0.4, 0.5) is 5.69 Å². The zero-order chi connectivity index (χ0) is 14.1. The number of methoxy groups -OCH3 is 1. The van der Waals surface area contributed by atoms with Gasteiger partial charge in [0.15, 0.2) is 5.69 Å². The molecular formula is C14H18N4O2. The van der Waals surface area contributed by atoms with E-state index in [0.29, 0.717) is 5.69 Å². The van der Waals surface area contributed by atoms with E-state index >= 15 is 0 Å². The van der Waals surface area contributed by atoms with Crippen molar-refractivity contribution in [2.45, 2.75) is 0 Å². The molecule has 0 atom stereocenters. The van der Waals surface area contributed by atoms with Crippen molar-refractivity contribution in [3.05, 3.63) is 23.9 Å². The second kappa shape index (κ2) is 5.13. The Labute approximate surface area is 117 Å². The summed E-state index contributed by atoms with van der Waals surface area (Å²) in [7, 11) is 3.15. The maximum Gasteiger partial charge on any atom is 0.356 e. The molecule has 1 aliphatic rings. The monoisotopic (exact) mass is 274 g/mol. The molecule has 6 nitrogen and oxygen atoms in total. The van der Waals surface area contributed by atoms with Crippen molar-refractivity contribution in [3.8, 4) is 0 Å². The van der Waals surface area contributed by atoms with Gasteiger partial charge >= 0.3 is 5.97 Å². The van der Waals surface area contributed by atoms with Crippen LogP contribution >= 0.6 is 0 Å². The van der Waals surface area contributed by atoms with E-state index in [0.717, 1.165) is 42.8 Å². The highest BCUT2D eigenvalue weighted by Crippen LogP contribution is 2.24. The second-order valence-corrected chi connectivity index (χ2v) is 4.90. The van der Waals surface area contributed by atoms with Crippen LogP contribution < -0.4 is 10.2 Å². The Morgan fingerprint density at radius 3 is 2.80 bits per heavy atom. The predicted molar refractivity (Wildman–Crippen MR) is 77.1 cm³/mol. The molecule has 0 bridgehead atoms. The number of carbonyl (C=O) groups is 1. The number of aromatic nitrogens is 2. The Morgan fingerprint density at radius 1 is 1.35 bits per heavy atom. The van der Waals surface area contributed by atoms with E-state index in [4.69, 9.17) is 4.74 Å². The van der Waals surface area contributed by atoms with Crippen LogP contribution in [0, 0.1) is 0 Å². The minimum Gasteiger partial charge on any atom is -0.464 e. The number of esters is 1. The fourth-order valence-electron chi connectivity index (χ4n) is 2.65. The van der Waals surface area contributed by atoms with E-state index in [1.54, 1.807) is 11.7 Å². The average molecular weight is 274 g/mol. The molecule has 1 N–H and O–H groups in total. The van der Waals surface area contributed by atoms with Gasteiger partial charge in [-0.05, 0) is 18.2 Å². The first-order valence-corrected chi connectivity index (χ1v) is 6.71. The van der Waals surface area contributed by atoms with E-state index in [-0.39, 0.29) is 5.97 Å². The molecule has 0 unspecified atom stereocenters. The summed E-state index contributed by atoms with van der Waals surface area (Å²) in [6.45, 7) is 3.96. The number of anilines is 1. The molecule has 0 saturated carbocycles. The number of piperazine rings is 1. The van der Waals surface area contributed by atoms with Crippen LogP contribution in [0.2, 0.25) is 0 Å². The van der Waals surface area contributed by atoms with Crippen molar-refractivity contribution >= 4 is 22.6 Å². The van der Waals surface area contributed by atoms with Gasteiger partial charge in [-0.1, -0.05) is 0 Å². The molecule has 0 amide bonds. The molecule has 1 aliphatic heterocycles. The van der Waals surface area contributed by atoms with E-state index in [1.807, 2.05) is 18.2 Å². The largest absolute Gasteiger partial charge is 0.464 e. The van der Waals surface area contributed by atoms with Crippen molar-refractivity contribution in [2.24, 2.45) is 7.05 Å². The van der Waals surface area contributed by atoms with E-state index in [2.05, 4.69) is 15.3 Å². The smallest absolute Gasteiger partial charge is 0.356 e. The van der Waals surface area contributed by atoms with Crippen molar-refractivity contribution in [1.29, 1.82) is 0 Å². The number of rotatable bonds is 2. The van der Waals surface area contributed by atoms with Crippen LogP contribution in [-0.2, 0) is 11.8 Å². The van der Waals surface area contributed by atoms with E-state index in [9.17, 15) is 4.79 Å². The fourth-order valence-corrected chi connectivity index (χ4v) is 2.65. The van der Waals surface area contributed by atoms with Crippen LogP contribution in [0.3, 0.4) is 0 Å². The fraction of sp³-hybridized carbons (Fsp3) is 0.429. The summed E-state index contributed by atoms with van der Waals surface area (Å²) in [6, 6.07) is 6.03. The number of benzene rings is 1. The molecule has 20 heavy (non-hydrogen) atoms. The third kappa shape index (κ3) is 2.12. The van der Waals surface area contributed by atoms with Gasteiger partial charge in [-0.3, -0.25) is 4.68 Å². The first-order valence-electron chi connectivity index (χ1n) is 6.71. The van der Waals surface area contributed by atoms with Gasteiger partial charge in [0, 0.05) is 44.3 Å². The number of carbonyl (C=O) groups excluding carboxylic acids is 1. The number of aryl methyl sites for hydroxylation is 1. The van der Waals surface area contributed by atoms with Gasteiger partial charge < -0.3 is 15.0 Å². The summed E-state index contributed by atoms with van der Waals surface area (Å²) in [5.41, 5.74) is 2.46. The normalized spacial score (nSPS) is 15.6. The minimum absolute atomic E-state index is 0.357. The first-order chi connectivity index (χ1) is 9.70. The zero-order valence-corrected chi connectivity index (χ0v) is 11.7. The predicted octanol–water partition coefficient (Wildman–Crippen LogP) is 0.769. The van der Waals surface area contributed by atoms with Gasteiger partial charge in [0.25, 0.3) is 0 Å². The minimum atomic E-state index is -0.357. The van der Waals surface area contributed by atoms with Crippen molar-refractivity contribution in [2.75, 3.05) is 38.2 Å². The first kappa shape index (κ1) is 12.9. The highest BCUT2D eigenvalue weighted by molar-refractivity contribution is 6.02. The molecule has 6 heteroatoms. The van der Waals surface area contributed by atoms with Crippen LogP contribution in [0.5, 0.6) is 0 Å². The van der Waals surface area contributed by atoms with E-state index < -0.39 is 0 Å². The lowest BCUT2D eigenvalue weighted by atomic mass is 10.1. The lowest BCUT2D eigenvalue weighted by molar-refractivity contribution is 0.0590. The molecule has 2 aromatic rings. The molecule has 0 spiro atoms. The van der Waals surface area contributed by atoms with Gasteiger partial charge in [-0.25, -0.2) is 4.79 Å². The quantitative estimate of drug-likeness (QED) is 0.820. The highest BCUT2D eigenvalue weighted by Gasteiger charge is 2.18. The Hall–Kier alpha value is -2.08. The number of nitrogens with one attached hydrogen (secondary N) is 1. The number of hydrogen-bond donors (Lipinski definition) is 1. The van der Waals surface area contributed by atoms with E-state index in [1.165, 1.54) is 7.11 Å². The average Bonchev–Trinajstić information content (AvgIpc) is 2.82. The van der Waals surface area contributed by atoms with Crippen LogP contribution in [0.1, 0.15) is 10.5 Å². The third-order valence-electron chi connectivity index (χ3n) is 3.68. The molecule has 1 aromatic heterocycles. The molecule has 1 aromatic carbocycles. The van der Waals surface area contributed by atoms with Gasteiger partial charge in [0.1, 0.15) is 0 Å². The zero-order valence-electron chi connectivity index (χ0n) is 11.7. The lowest BCUT2D eigenvalue weighted by Gasteiger charge is -2.29. The summed E-state index contributed by atoms with van der Waals surface area (Å²) in [4.78, 5) is 14.1. The van der Waals surface area contributed by atoms with Gasteiger partial charge in [-0.2, -0.15) is 5.10 Å². The molecule has 0 aliphatic carbocycles. The van der Waals surface area contributed by atoms with Crippen LogP contribution in [0.15, 0.2) is 18.2 Å². The molecule has 3 rings (SSSR count). The van der Waals surface area contributed by atoms with Crippen molar-refractivity contribution in [1.82, 2.24) is 15.1 Å². The third-order valence-corrected chi connectivity index (χ3v) is 3.68. The second-order valence-electron chi connectivity index (χ2n) is 4.90.